The molecule has 2 N–H and O–H groups in total. The molecule has 0 bridgehead atoms. The number of aryl methyl sites for hydroxylation is 1. The van der Waals surface area contributed by atoms with E-state index in [1.54, 1.807) is 4.68 Å². The highest BCUT2D eigenvalue weighted by Gasteiger charge is 2.12. The number of benzene rings is 1. The summed E-state index contributed by atoms with van der Waals surface area (Å²) < 4.78 is 1.71. The minimum absolute atomic E-state index is 0.722. The molecule has 2 aromatic rings. The lowest BCUT2D eigenvalue weighted by molar-refractivity contribution is 0.221. The van der Waals surface area contributed by atoms with Gasteiger partial charge in [-0.2, -0.15) is 5.10 Å². The Morgan fingerprint density at radius 3 is 2.70 bits per heavy atom. The maximum Gasteiger partial charge on any atom is 0.129 e. The lowest BCUT2D eigenvalue weighted by Crippen LogP contribution is -2.29. The van der Waals surface area contributed by atoms with Crippen molar-refractivity contribution in [3.63, 3.8) is 0 Å². The van der Waals surface area contributed by atoms with E-state index in [0.717, 1.165) is 23.5 Å². The number of hydrogen-bond donors (Lipinski definition) is 1. The van der Waals surface area contributed by atoms with Crippen LogP contribution in [0.4, 0.5) is 5.82 Å². The van der Waals surface area contributed by atoms with Gasteiger partial charge in [0.25, 0.3) is 0 Å². The Balaban J connectivity index is 1.80. The van der Waals surface area contributed by atoms with Crippen LogP contribution in [0.1, 0.15) is 24.8 Å². The summed E-state index contributed by atoms with van der Waals surface area (Å²) in [6, 6.07) is 8.65. The Bertz CT molecular complexity index is 582. The summed E-state index contributed by atoms with van der Waals surface area (Å²) in [6.07, 6.45) is 5.88. The van der Waals surface area contributed by atoms with Crippen molar-refractivity contribution < 1.29 is 0 Å². The van der Waals surface area contributed by atoms with Gasteiger partial charge in [0.15, 0.2) is 0 Å². The number of anilines is 1. The van der Waals surface area contributed by atoms with E-state index < -0.39 is 0 Å². The van der Waals surface area contributed by atoms with Gasteiger partial charge < -0.3 is 5.73 Å². The molecule has 4 heteroatoms. The molecular weight excluding hydrogens is 248 g/mol. The molecule has 4 nitrogen and oxygen atoms in total. The molecule has 0 unspecified atom stereocenters. The zero-order valence-electron chi connectivity index (χ0n) is 12.0. The van der Waals surface area contributed by atoms with Crippen molar-refractivity contribution in [1.82, 2.24) is 14.7 Å². The van der Waals surface area contributed by atoms with Crippen molar-refractivity contribution in [2.24, 2.45) is 7.05 Å². The second-order valence-electron chi connectivity index (χ2n) is 5.60. The second-order valence-corrected chi connectivity index (χ2v) is 5.60. The standard InChI is InChI=1S/C16H22N4/c1-19-16(17)15(11-18-19)14-7-5-6-13(10-14)12-20-8-3-2-4-9-20/h5-7,10-11H,2-4,8-9,12,17H2,1H3. The number of hydrogen-bond acceptors (Lipinski definition) is 3. The fourth-order valence-corrected chi connectivity index (χ4v) is 2.88. The Hall–Kier alpha value is -1.81. The molecule has 1 aliphatic heterocycles. The quantitative estimate of drug-likeness (QED) is 0.932. The van der Waals surface area contributed by atoms with E-state index in [1.165, 1.54) is 37.9 Å². The van der Waals surface area contributed by atoms with Gasteiger partial charge >= 0.3 is 0 Å². The van der Waals surface area contributed by atoms with Crippen molar-refractivity contribution >= 4 is 5.82 Å². The number of nitrogens with two attached hydrogens (primary N) is 1. The zero-order chi connectivity index (χ0) is 13.9. The van der Waals surface area contributed by atoms with Crippen LogP contribution in [0.15, 0.2) is 30.5 Å². The van der Waals surface area contributed by atoms with E-state index in [0.29, 0.717) is 0 Å². The molecule has 3 rings (SSSR count). The lowest BCUT2D eigenvalue weighted by Gasteiger charge is -2.26. The van der Waals surface area contributed by atoms with Gasteiger partial charge in [0, 0.05) is 19.2 Å². The predicted octanol–water partition coefficient (Wildman–Crippen LogP) is 2.66. The number of rotatable bonds is 3. The molecule has 0 aliphatic carbocycles. The highest BCUT2D eigenvalue weighted by atomic mass is 15.3. The van der Waals surface area contributed by atoms with Gasteiger partial charge in [-0.3, -0.25) is 9.58 Å². The average molecular weight is 270 g/mol. The topological polar surface area (TPSA) is 47.1 Å². The number of aromatic nitrogens is 2. The SMILES string of the molecule is Cn1ncc(-c2cccc(CN3CCCCC3)c2)c1N. The highest BCUT2D eigenvalue weighted by molar-refractivity contribution is 5.73. The van der Waals surface area contributed by atoms with E-state index >= 15 is 0 Å². The summed E-state index contributed by atoms with van der Waals surface area (Å²) in [7, 11) is 1.87. The first-order valence-corrected chi connectivity index (χ1v) is 7.33. The monoisotopic (exact) mass is 270 g/mol. The molecule has 0 saturated carbocycles. The number of nitrogens with zero attached hydrogens (tertiary/aromatic N) is 3. The van der Waals surface area contributed by atoms with Gasteiger partial charge in [-0.05, 0) is 43.1 Å². The van der Waals surface area contributed by atoms with Gasteiger partial charge in [0.2, 0.25) is 0 Å². The lowest BCUT2D eigenvalue weighted by atomic mass is 10.0. The summed E-state index contributed by atoms with van der Waals surface area (Å²) >= 11 is 0. The molecule has 1 saturated heterocycles. The van der Waals surface area contributed by atoms with Crippen molar-refractivity contribution in [3.05, 3.63) is 36.0 Å². The third kappa shape index (κ3) is 2.70. The van der Waals surface area contributed by atoms with Crippen molar-refractivity contribution in [2.75, 3.05) is 18.8 Å². The Kier molecular flexibility index (Phi) is 3.74. The Labute approximate surface area is 120 Å². The molecular formula is C16H22N4. The largest absolute Gasteiger partial charge is 0.383 e. The molecule has 1 fully saturated rings. The van der Waals surface area contributed by atoms with Crippen molar-refractivity contribution in [1.29, 1.82) is 0 Å². The van der Waals surface area contributed by atoms with Crippen LogP contribution in [0.3, 0.4) is 0 Å². The van der Waals surface area contributed by atoms with Crippen molar-refractivity contribution in [2.45, 2.75) is 25.8 Å². The molecule has 0 radical (unpaired) electrons. The minimum Gasteiger partial charge on any atom is -0.383 e. The minimum atomic E-state index is 0.722. The summed E-state index contributed by atoms with van der Waals surface area (Å²) in [4.78, 5) is 2.54. The molecule has 0 atom stereocenters. The average Bonchev–Trinajstić information content (AvgIpc) is 2.80. The van der Waals surface area contributed by atoms with Crippen LogP contribution < -0.4 is 5.73 Å². The smallest absolute Gasteiger partial charge is 0.129 e. The number of likely N-dealkylation sites (tertiary alicyclic amines) is 1. The molecule has 20 heavy (non-hydrogen) atoms. The summed E-state index contributed by atoms with van der Waals surface area (Å²) in [5.41, 5.74) is 9.59. The number of piperidine rings is 1. The highest BCUT2D eigenvalue weighted by Crippen LogP contribution is 2.26. The molecule has 1 aromatic carbocycles. The fourth-order valence-electron chi connectivity index (χ4n) is 2.88. The van der Waals surface area contributed by atoms with Crippen LogP contribution in [0.5, 0.6) is 0 Å². The van der Waals surface area contributed by atoms with Crippen molar-refractivity contribution in [3.8, 4) is 11.1 Å². The first kappa shape index (κ1) is 13.2. The van der Waals surface area contributed by atoms with E-state index in [1.807, 2.05) is 13.2 Å². The Morgan fingerprint density at radius 2 is 2.00 bits per heavy atom. The maximum atomic E-state index is 6.06. The first-order valence-electron chi connectivity index (χ1n) is 7.33. The van der Waals surface area contributed by atoms with Gasteiger partial charge in [-0.1, -0.05) is 24.6 Å². The van der Waals surface area contributed by atoms with Gasteiger partial charge in [-0.25, -0.2) is 0 Å². The maximum absolute atomic E-state index is 6.06. The van der Waals surface area contributed by atoms with Gasteiger partial charge in [-0.15, -0.1) is 0 Å². The van der Waals surface area contributed by atoms with E-state index in [2.05, 4.69) is 34.3 Å². The molecule has 2 heterocycles. The third-order valence-electron chi connectivity index (χ3n) is 4.08. The predicted molar refractivity (Wildman–Crippen MR) is 82.2 cm³/mol. The van der Waals surface area contributed by atoms with Gasteiger partial charge in [0.1, 0.15) is 5.82 Å². The zero-order valence-corrected chi connectivity index (χ0v) is 12.0. The molecule has 1 aliphatic rings. The summed E-state index contributed by atoms with van der Waals surface area (Å²) in [6.45, 7) is 3.48. The van der Waals surface area contributed by atoms with E-state index in [4.69, 9.17) is 5.73 Å². The summed E-state index contributed by atoms with van der Waals surface area (Å²) in [5.74, 6) is 0.722. The van der Waals surface area contributed by atoms with E-state index in [-0.39, 0.29) is 0 Å². The van der Waals surface area contributed by atoms with Crippen LogP contribution in [0.25, 0.3) is 11.1 Å². The van der Waals surface area contributed by atoms with E-state index in [9.17, 15) is 0 Å². The first-order chi connectivity index (χ1) is 9.74. The third-order valence-corrected chi connectivity index (χ3v) is 4.08. The van der Waals surface area contributed by atoms with Crippen LogP contribution in [-0.2, 0) is 13.6 Å². The molecule has 106 valence electrons. The van der Waals surface area contributed by atoms with Gasteiger partial charge in [0.05, 0.1) is 6.20 Å². The number of nitrogen functional groups attached to an aromatic ring is 1. The fraction of sp³-hybridized carbons (Fsp3) is 0.438. The molecule has 0 amide bonds. The van der Waals surface area contributed by atoms with Crippen LogP contribution in [0.2, 0.25) is 0 Å². The molecule has 0 spiro atoms. The van der Waals surface area contributed by atoms with Crippen LogP contribution in [-0.4, -0.2) is 27.8 Å². The van der Waals surface area contributed by atoms with Crippen LogP contribution in [0, 0.1) is 0 Å². The molecule has 1 aromatic heterocycles. The van der Waals surface area contributed by atoms with Crippen LogP contribution >= 0.6 is 0 Å². The normalized spacial score (nSPS) is 16.4. The Morgan fingerprint density at radius 1 is 1.20 bits per heavy atom. The second kappa shape index (κ2) is 5.67. The summed E-state index contributed by atoms with van der Waals surface area (Å²) in [5, 5.41) is 4.22.